The van der Waals surface area contributed by atoms with Gasteiger partial charge in [-0.2, -0.15) is 0 Å². The molecule has 0 bridgehead atoms. The Morgan fingerprint density at radius 3 is 2.05 bits per heavy atom. The molecule has 2 aliphatic rings. The van der Waals surface area contributed by atoms with Gasteiger partial charge in [0.25, 0.3) is 0 Å². The summed E-state index contributed by atoms with van der Waals surface area (Å²) in [6.07, 6.45) is 11.2. The molecule has 6 nitrogen and oxygen atoms in total. The Bertz CT molecular complexity index is 449. The third-order valence-electron chi connectivity index (χ3n) is 3.85. The smallest absolute Gasteiger partial charge is 0.314 e. The number of carbonyl (C=O) groups is 2. The summed E-state index contributed by atoms with van der Waals surface area (Å²) in [4.78, 5) is 21.7. The van der Waals surface area contributed by atoms with Crippen LogP contribution >= 0.6 is 0 Å². The molecule has 6 N–H and O–H groups in total. The number of rotatable bonds is 2. The van der Waals surface area contributed by atoms with Gasteiger partial charge in [-0.1, -0.05) is 37.5 Å². The number of Topliss-reactive ketones (excluding diaryl/α,β-unsaturated/α-hetero) is 1. The third kappa shape index (κ3) is 4.77. The number of hydrogen-bond donors (Lipinski definition) is 4. The largest absolute Gasteiger partial charge is 0.481 e. The Balaban J connectivity index is 0.000000235. The Kier molecular flexibility index (Phi) is 5.83. The minimum atomic E-state index is -1.89. The molecule has 118 valence electrons. The lowest BCUT2D eigenvalue weighted by Gasteiger charge is -2.28. The SMILES string of the molecule is CC(=O)C1(O)C=CC=CC1C(=O)O.NC1(N)CCCCC1. The minimum absolute atomic E-state index is 0.321. The van der Waals surface area contributed by atoms with E-state index in [9.17, 15) is 14.7 Å². The van der Waals surface area contributed by atoms with Crippen molar-refractivity contribution >= 4 is 11.8 Å². The van der Waals surface area contributed by atoms with Gasteiger partial charge in [-0.05, 0) is 25.8 Å². The fourth-order valence-corrected chi connectivity index (χ4v) is 2.44. The molecule has 0 aromatic rings. The molecule has 0 amide bonds. The second-order valence-electron chi connectivity index (χ2n) is 5.74. The van der Waals surface area contributed by atoms with E-state index in [0.717, 1.165) is 12.8 Å². The molecule has 0 aromatic carbocycles. The minimum Gasteiger partial charge on any atom is -0.481 e. The van der Waals surface area contributed by atoms with Crippen LogP contribution in [0.15, 0.2) is 24.3 Å². The van der Waals surface area contributed by atoms with Gasteiger partial charge in [0.15, 0.2) is 11.4 Å². The van der Waals surface area contributed by atoms with Gasteiger partial charge in [-0.25, -0.2) is 0 Å². The zero-order valence-electron chi connectivity index (χ0n) is 12.3. The van der Waals surface area contributed by atoms with Crippen molar-refractivity contribution in [3.05, 3.63) is 24.3 Å². The van der Waals surface area contributed by atoms with Crippen LogP contribution in [0.5, 0.6) is 0 Å². The summed E-state index contributed by atoms with van der Waals surface area (Å²) in [5.41, 5.74) is 9.10. The Morgan fingerprint density at radius 2 is 1.71 bits per heavy atom. The van der Waals surface area contributed by atoms with Crippen LogP contribution in [-0.4, -0.2) is 33.2 Å². The van der Waals surface area contributed by atoms with Crippen LogP contribution in [0.4, 0.5) is 0 Å². The highest BCUT2D eigenvalue weighted by atomic mass is 16.4. The van der Waals surface area contributed by atoms with E-state index in [1.165, 1.54) is 50.5 Å². The third-order valence-corrected chi connectivity index (χ3v) is 3.85. The van der Waals surface area contributed by atoms with E-state index in [4.69, 9.17) is 16.6 Å². The average molecular weight is 296 g/mol. The summed E-state index contributed by atoms with van der Waals surface area (Å²) in [5, 5.41) is 18.4. The van der Waals surface area contributed by atoms with Gasteiger partial charge in [0, 0.05) is 0 Å². The predicted octanol–water partition coefficient (Wildman–Crippen LogP) is 0.698. The van der Waals surface area contributed by atoms with Crippen molar-refractivity contribution in [3.63, 3.8) is 0 Å². The van der Waals surface area contributed by atoms with E-state index < -0.39 is 23.3 Å². The number of ketones is 1. The zero-order valence-corrected chi connectivity index (χ0v) is 12.3. The van der Waals surface area contributed by atoms with E-state index in [1.807, 2.05) is 0 Å². The molecule has 2 unspecified atom stereocenters. The van der Waals surface area contributed by atoms with Crippen LogP contribution in [0.25, 0.3) is 0 Å². The molecule has 2 atom stereocenters. The van der Waals surface area contributed by atoms with Crippen LogP contribution in [0.3, 0.4) is 0 Å². The first-order chi connectivity index (χ1) is 9.69. The number of aliphatic carboxylic acids is 1. The highest BCUT2D eigenvalue weighted by Crippen LogP contribution is 2.25. The predicted molar refractivity (Wildman–Crippen MR) is 79.2 cm³/mol. The molecule has 0 aliphatic heterocycles. The summed E-state index contributed by atoms with van der Waals surface area (Å²) in [5.74, 6) is -2.96. The van der Waals surface area contributed by atoms with E-state index in [-0.39, 0.29) is 5.66 Å². The monoisotopic (exact) mass is 296 g/mol. The fraction of sp³-hybridized carbons (Fsp3) is 0.600. The van der Waals surface area contributed by atoms with Gasteiger partial charge in [-0.3, -0.25) is 9.59 Å². The van der Waals surface area contributed by atoms with Gasteiger partial charge in [0.1, 0.15) is 5.92 Å². The van der Waals surface area contributed by atoms with Crippen molar-refractivity contribution in [3.8, 4) is 0 Å². The highest BCUT2D eigenvalue weighted by molar-refractivity contribution is 5.93. The fourth-order valence-electron chi connectivity index (χ4n) is 2.44. The topological polar surface area (TPSA) is 127 Å². The second-order valence-corrected chi connectivity index (χ2v) is 5.74. The summed E-state index contributed by atoms with van der Waals surface area (Å²) in [6.45, 7) is 1.17. The first-order valence-electron chi connectivity index (χ1n) is 7.09. The van der Waals surface area contributed by atoms with Crippen molar-refractivity contribution in [2.45, 2.75) is 50.3 Å². The van der Waals surface area contributed by atoms with Crippen LogP contribution in [-0.2, 0) is 9.59 Å². The molecule has 0 radical (unpaired) electrons. The Morgan fingerprint density at radius 1 is 1.14 bits per heavy atom. The number of carboxylic acids is 1. The maximum Gasteiger partial charge on any atom is 0.314 e. The molecule has 6 heteroatoms. The van der Waals surface area contributed by atoms with Crippen LogP contribution in [0.1, 0.15) is 39.0 Å². The number of carbonyl (C=O) groups excluding carboxylic acids is 1. The summed E-state index contributed by atoms with van der Waals surface area (Å²) in [7, 11) is 0. The van der Waals surface area contributed by atoms with E-state index in [1.54, 1.807) is 0 Å². The highest BCUT2D eigenvalue weighted by Gasteiger charge is 2.43. The molecule has 1 saturated carbocycles. The molecule has 0 heterocycles. The maximum atomic E-state index is 11.0. The standard InChI is InChI=1S/C9H10O4.C6H14N2/c1-6(10)9(13)5-3-2-4-7(9)8(11)12;7-6(8)4-2-1-3-5-6/h2-5,7,13H,1H3,(H,11,12);1-5,7-8H2. The van der Waals surface area contributed by atoms with Crippen molar-refractivity contribution in [1.82, 2.24) is 0 Å². The lowest BCUT2D eigenvalue weighted by molar-refractivity contribution is -0.152. The first-order valence-corrected chi connectivity index (χ1v) is 7.09. The molecular formula is C15H24N2O4. The Hall–Kier alpha value is -1.50. The maximum absolute atomic E-state index is 11.0. The average Bonchev–Trinajstić information content (AvgIpc) is 2.39. The number of allylic oxidation sites excluding steroid dienone is 2. The van der Waals surface area contributed by atoms with Crippen LogP contribution < -0.4 is 11.5 Å². The molecule has 2 aliphatic carbocycles. The molecule has 1 fully saturated rings. The van der Waals surface area contributed by atoms with Crippen molar-refractivity contribution < 1.29 is 19.8 Å². The second kappa shape index (κ2) is 6.98. The van der Waals surface area contributed by atoms with Crippen molar-refractivity contribution in [2.75, 3.05) is 0 Å². The number of aliphatic hydroxyl groups is 1. The summed E-state index contributed by atoms with van der Waals surface area (Å²) in [6, 6.07) is 0. The van der Waals surface area contributed by atoms with Crippen molar-refractivity contribution in [1.29, 1.82) is 0 Å². The van der Waals surface area contributed by atoms with Gasteiger partial charge in [0.05, 0.1) is 5.66 Å². The van der Waals surface area contributed by atoms with Gasteiger partial charge < -0.3 is 21.7 Å². The summed E-state index contributed by atoms with van der Waals surface area (Å²) < 4.78 is 0. The Labute approximate surface area is 124 Å². The molecule has 21 heavy (non-hydrogen) atoms. The molecule has 0 saturated heterocycles. The number of hydrogen-bond acceptors (Lipinski definition) is 5. The number of carboxylic acid groups (broad SMARTS) is 1. The van der Waals surface area contributed by atoms with Crippen molar-refractivity contribution in [2.24, 2.45) is 17.4 Å². The molecule has 2 rings (SSSR count). The van der Waals surface area contributed by atoms with Gasteiger partial charge in [0.2, 0.25) is 0 Å². The van der Waals surface area contributed by atoms with Gasteiger partial charge in [-0.15, -0.1) is 0 Å². The lowest BCUT2D eigenvalue weighted by atomic mass is 9.81. The normalized spacial score (nSPS) is 30.2. The molecule has 0 aromatic heterocycles. The number of nitrogens with two attached hydrogens (primary N) is 2. The van der Waals surface area contributed by atoms with E-state index in [0.29, 0.717) is 0 Å². The molecule has 0 spiro atoms. The zero-order chi connectivity index (χ0) is 16.1. The van der Waals surface area contributed by atoms with E-state index in [2.05, 4.69) is 0 Å². The molecular weight excluding hydrogens is 272 g/mol. The lowest BCUT2D eigenvalue weighted by Crippen LogP contribution is -2.50. The quantitative estimate of drug-likeness (QED) is 0.555. The first kappa shape index (κ1) is 17.6. The van der Waals surface area contributed by atoms with Crippen LogP contribution in [0, 0.1) is 5.92 Å². The van der Waals surface area contributed by atoms with E-state index >= 15 is 0 Å². The van der Waals surface area contributed by atoms with Gasteiger partial charge >= 0.3 is 5.97 Å². The summed E-state index contributed by atoms with van der Waals surface area (Å²) >= 11 is 0. The van der Waals surface area contributed by atoms with Crippen LogP contribution in [0.2, 0.25) is 0 Å².